The summed E-state index contributed by atoms with van der Waals surface area (Å²) in [6, 6.07) is 6.61. The fraction of sp³-hybridized carbons (Fsp3) is 0.550. The van der Waals surface area contributed by atoms with Gasteiger partial charge in [-0.05, 0) is 55.7 Å². The lowest BCUT2D eigenvalue weighted by atomic mass is 9.90. The number of nitrogens with zero attached hydrogens (tertiary/aromatic N) is 3. The summed E-state index contributed by atoms with van der Waals surface area (Å²) in [6.45, 7) is 1.40. The zero-order valence-electron chi connectivity index (χ0n) is 15.7. The minimum Gasteiger partial charge on any atom is -0.376 e. The molecule has 0 bridgehead atoms. The molecule has 1 aliphatic heterocycles. The van der Waals surface area contributed by atoms with Crippen molar-refractivity contribution in [1.29, 1.82) is 0 Å². The average Bonchev–Trinajstić information content (AvgIpc) is 3.34. The Hall–Kier alpha value is -1.86. The summed E-state index contributed by atoms with van der Waals surface area (Å²) in [5.41, 5.74) is 3.99. The number of ether oxygens (including phenoxy) is 1. The van der Waals surface area contributed by atoms with E-state index in [4.69, 9.17) is 4.74 Å². The monoisotopic (exact) mass is 386 g/mol. The second kappa shape index (κ2) is 8.44. The molecule has 1 aromatic heterocycles. The molecule has 0 radical (unpaired) electrons. The van der Waals surface area contributed by atoms with E-state index in [0.717, 1.165) is 42.4 Å². The van der Waals surface area contributed by atoms with E-state index >= 15 is 0 Å². The smallest absolute Gasteiger partial charge is 0.230 e. The van der Waals surface area contributed by atoms with Gasteiger partial charge in [-0.1, -0.05) is 23.9 Å². The number of fused-ring (bicyclic) bond motifs is 1. The van der Waals surface area contributed by atoms with Crippen LogP contribution >= 0.6 is 11.8 Å². The lowest BCUT2D eigenvalue weighted by Crippen LogP contribution is -2.32. The first-order valence-electron chi connectivity index (χ1n) is 9.73. The summed E-state index contributed by atoms with van der Waals surface area (Å²) in [5.74, 6) is 1.20. The van der Waals surface area contributed by atoms with Crippen molar-refractivity contribution in [3.8, 4) is 11.4 Å². The first kappa shape index (κ1) is 18.5. The quantitative estimate of drug-likeness (QED) is 0.773. The maximum atomic E-state index is 12.1. The van der Waals surface area contributed by atoms with Crippen molar-refractivity contribution in [2.75, 3.05) is 18.9 Å². The molecule has 1 saturated heterocycles. The Morgan fingerprint density at radius 3 is 2.93 bits per heavy atom. The molecule has 144 valence electrons. The van der Waals surface area contributed by atoms with Crippen LogP contribution in [0.5, 0.6) is 0 Å². The highest BCUT2D eigenvalue weighted by Gasteiger charge is 2.18. The zero-order valence-corrected chi connectivity index (χ0v) is 16.6. The Balaban J connectivity index is 1.36. The van der Waals surface area contributed by atoms with E-state index in [-0.39, 0.29) is 12.0 Å². The SMILES string of the molecule is Cn1c(SCC(=O)NCC2CCCO2)nnc1-c1ccc2c(c1)CCCC2. The van der Waals surface area contributed by atoms with E-state index < -0.39 is 0 Å². The van der Waals surface area contributed by atoms with E-state index in [1.807, 2.05) is 11.6 Å². The molecule has 1 atom stereocenters. The molecule has 1 N–H and O–H groups in total. The van der Waals surface area contributed by atoms with Gasteiger partial charge in [-0.25, -0.2) is 0 Å². The number of amides is 1. The minimum absolute atomic E-state index is 0.00818. The van der Waals surface area contributed by atoms with Crippen molar-refractivity contribution in [1.82, 2.24) is 20.1 Å². The molecule has 0 spiro atoms. The summed E-state index contributed by atoms with van der Waals surface area (Å²) in [6.07, 6.45) is 7.15. The van der Waals surface area contributed by atoms with Crippen LogP contribution in [0.4, 0.5) is 0 Å². The van der Waals surface area contributed by atoms with Gasteiger partial charge in [0.25, 0.3) is 0 Å². The van der Waals surface area contributed by atoms with Crippen LogP contribution in [0.2, 0.25) is 0 Å². The molecular formula is C20H26N4O2S. The van der Waals surface area contributed by atoms with Gasteiger partial charge in [0, 0.05) is 25.8 Å². The molecule has 0 saturated carbocycles. The van der Waals surface area contributed by atoms with Gasteiger partial charge in [0.15, 0.2) is 11.0 Å². The summed E-state index contributed by atoms with van der Waals surface area (Å²) in [5, 5.41) is 12.4. The standard InChI is InChI=1S/C20H26N4O2S/c1-24-19(16-9-8-14-5-2-3-6-15(14)11-16)22-23-20(24)27-13-18(25)21-12-17-7-4-10-26-17/h8-9,11,17H,2-7,10,12-13H2,1H3,(H,21,25). The Morgan fingerprint density at radius 2 is 2.11 bits per heavy atom. The van der Waals surface area contributed by atoms with Crippen LogP contribution in [0.1, 0.15) is 36.8 Å². The number of nitrogens with one attached hydrogen (secondary N) is 1. The third-order valence-corrected chi connectivity index (χ3v) is 6.35. The lowest BCUT2D eigenvalue weighted by Gasteiger charge is -2.16. The molecule has 1 fully saturated rings. The zero-order chi connectivity index (χ0) is 18.6. The van der Waals surface area contributed by atoms with E-state index in [2.05, 4.69) is 33.7 Å². The van der Waals surface area contributed by atoms with Crippen LogP contribution in [-0.2, 0) is 29.4 Å². The first-order chi connectivity index (χ1) is 13.2. The second-order valence-electron chi connectivity index (χ2n) is 7.28. The summed E-state index contributed by atoms with van der Waals surface area (Å²) in [4.78, 5) is 12.1. The molecule has 6 nitrogen and oxygen atoms in total. The molecule has 7 heteroatoms. The van der Waals surface area contributed by atoms with E-state index in [1.54, 1.807) is 0 Å². The highest BCUT2D eigenvalue weighted by atomic mass is 32.2. The highest BCUT2D eigenvalue weighted by molar-refractivity contribution is 7.99. The molecule has 2 aliphatic rings. The lowest BCUT2D eigenvalue weighted by molar-refractivity contribution is -0.119. The number of hydrogen-bond acceptors (Lipinski definition) is 5. The number of hydrogen-bond donors (Lipinski definition) is 1. The van der Waals surface area contributed by atoms with Crippen LogP contribution in [0.15, 0.2) is 23.4 Å². The highest BCUT2D eigenvalue weighted by Crippen LogP contribution is 2.28. The summed E-state index contributed by atoms with van der Waals surface area (Å²) >= 11 is 1.42. The number of carbonyl (C=O) groups is 1. The predicted molar refractivity (Wildman–Crippen MR) is 106 cm³/mol. The third kappa shape index (κ3) is 4.35. The molecule has 1 unspecified atom stereocenters. The molecular weight excluding hydrogens is 360 g/mol. The van der Waals surface area contributed by atoms with E-state index in [0.29, 0.717) is 12.3 Å². The molecule has 1 aromatic carbocycles. The Kier molecular flexibility index (Phi) is 5.78. The van der Waals surface area contributed by atoms with Gasteiger partial charge in [0.2, 0.25) is 5.91 Å². The number of aryl methyl sites for hydroxylation is 2. The Bertz CT molecular complexity index is 814. The molecule has 1 amide bonds. The first-order valence-corrected chi connectivity index (χ1v) is 10.7. The maximum absolute atomic E-state index is 12.1. The van der Waals surface area contributed by atoms with Crippen molar-refractivity contribution >= 4 is 17.7 Å². The number of benzene rings is 1. The van der Waals surface area contributed by atoms with Gasteiger partial charge < -0.3 is 14.6 Å². The van der Waals surface area contributed by atoms with Gasteiger partial charge in [0.1, 0.15) is 0 Å². The third-order valence-electron chi connectivity index (χ3n) is 5.32. The van der Waals surface area contributed by atoms with Gasteiger partial charge in [-0.3, -0.25) is 4.79 Å². The number of aromatic nitrogens is 3. The molecule has 2 heterocycles. The van der Waals surface area contributed by atoms with E-state index in [9.17, 15) is 4.79 Å². The largest absolute Gasteiger partial charge is 0.376 e. The van der Waals surface area contributed by atoms with Crippen molar-refractivity contribution in [2.24, 2.45) is 7.05 Å². The fourth-order valence-electron chi connectivity index (χ4n) is 3.78. The Morgan fingerprint density at radius 1 is 1.26 bits per heavy atom. The number of thioether (sulfide) groups is 1. The maximum Gasteiger partial charge on any atom is 0.230 e. The minimum atomic E-state index is 0.00818. The van der Waals surface area contributed by atoms with Crippen LogP contribution in [0.3, 0.4) is 0 Å². The van der Waals surface area contributed by atoms with Gasteiger partial charge in [-0.2, -0.15) is 0 Å². The van der Waals surface area contributed by atoms with Crippen LogP contribution in [0.25, 0.3) is 11.4 Å². The topological polar surface area (TPSA) is 69.0 Å². The second-order valence-corrected chi connectivity index (χ2v) is 8.23. The molecule has 1 aliphatic carbocycles. The van der Waals surface area contributed by atoms with E-state index in [1.165, 1.54) is 42.2 Å². The van der Waals surface area contributed by atoms with Crippen molar-refractivity contribution in [2.45, 2.75) is 49.8 Å². The molecule has 2 aromatic rings. The average molecular weight is 387 g/mol. The van der Waals surface area contributed by atoms with Crippen molar-refractivity contribution < 1.29 is 9.53 Å². The number of rotatable bonds is 6. The van der Waals surface area contributed by atoms with Crippen molar-refractivity contribution in [3.63, 3.8) is 0 Å². The Labute approximate surface area is 164 Å². The normalized spacial score (nSPS) is 19.1. The summed E-state index contributed by atoms with van der Waals surface area (Å²) < 4.78 is 7.50. The molecule has 27 heavy (non-hydrogen) atoms. The van der Waals surface area contributed by atoms with Gasteiger partial charge in [0.05, 0.1) is 11.9 Å². The number of carbonyl (C=O) groups excluding carboxylic acids is 1. The van der Waals surface area contributed by atoms with Gasteiger partial charge in [-0.15, -0.1) is 10.2 Å². The van der Waals surface area contributed by atoms with Crippen molar-refractivity contribution in [3.05, 3.63) is 29.3 Å². The van der Waals surface area contributed by atoms with Gasteiger partial charge >= 0.3 is 0 Å². The molecule has 4 rings (SSSR count). The fourth-order valence-corrected chi connectivity index (χ4v) is 4.52. The van der Waals surface area contributed by atoms with Crippen LogP contribution in [0, 0.1) is 0 Å². The van der Waals surface area contributed by atoms with Crippen LogP contribution in [-0.4, -0.2) is 45.7 Å². The summed E-state index contributed by atoms with van der Waals surface area (Å²) in [7, 11) is 1.96. The predicted octanol–water partition coefficient (Wildman–Crippen LogP) is 2.75. The van der Waals surface area contributed by atoms with Crippen LogP contribution < -0.4 is 5.32 Å².